The van der Waals surface area contributed by atoms with Crippen LogP contribution in [0.25, 0.3) is 0 Å². The Labute approximate surface area is 111 Å². The number of aromatic nitrogens is 2. The number of carbonyl (C=O) groups is 1. The van der Waals surface area contributed by atoms with Crippen molar-refractivity contribution in [2.75, 3.05) is 0 Å². The molecule has 9 heteroatoms. The largest absolute Gasteiger partial charge is 0.477 e. The predicted molar refractivity (Wildman–Crippen MR) is 66.6 cm³/mol. The van der Waals surface area contributed by atoms with Crippen LogP contribution in [0.15, 0.2) is 31.7 Å². The van der Waals surface area contributed by atoms with Gasteiger partial charge in [0.2, 0.25) is 5.82 Å². The van der Waals surface area contributed by atoms with Crippen LogP contribution in [0, 0.1) is 5.82 Å². The lowest BCUT2D eigenvalue weighted by Gasteiger charge is -1.81. The molecule has 0 amide bonds. The van der Waals surface area contributed by atoms with Crippen molar-refractivity contribution in [1.82, 2.24) is 9.97 Å². The smallest absolute Gasteiger partial charge is 0.345 e. The van der Waals surface area contributed by atoms with Crippen LogP contribution >= 0.6 is 27.3 Å². The summed E-state index contributed by atoms with van der Waals surface area (Å²) in [5.74, 6) is -1.86. The molecule has 0 bridgehead atoms. The van der Waals surface area contributed by atoms with E-state index in [1.54, 1.807) is 17.1 Å². The highest BCUT2D eigenvalue weighted by molar-refractivity contribution is 9.11. The molecule has 0 aliphatic carbocycles. The van der Waals surface area contributed by atoms with Crippen LogP contribution in [0.3, 0.4) is 0 Å². The number of thiophene rings is 1. The lowest BCUT2D eigenvalue weighted by Crippen LogP contribution is -2.23. The average molecular weight is 337 g/mol. The summed E-state index contributed by atoms with van der Waals surface area (Å²) in [6.07, 6.45) is 0.709. The van der Waals surface area contributed by atoms with Gasteiger partial charge in [-0.05, 0) is 28.1 Å². The van der Waals surface area contributed by atoms with E-state index in [1.807, 2.05) is 4.98 Å². The van der Waals surface area contributed by atoms with Gasteiger partial charge >= 0.3 is 11.7 Å². The molecule has 2 aromatic rings. The van der Waals surface area contributed by atoms with E-state index in [1.165, 1.54) is 11.3 Å². The number of carboxylic acids is 1. The molecular formula is C9H6BrFN2O4S. The maximum Gasteiger partial charge on any atom is 0.345 e. The number of hydrogen-bond acceptors (Lipinski definition) is 4. The molecule has 0 aliphatic heterocycles. The van der Waals surface area contributed by atoms with Gasteiger partial charge < -0.3 is 10.1 Å². The first kappa shape index (κ1) is 14.3. The molecule has 0 saturated heterocycles. The monoisotopic (exact) mass is 336 g/mol. The van der Waals surface area contributed by atoms with E-state index < -0.39 is 23.0 Å². The van der Waals surface area contributed by atoms with E-state index in [0.29, 0.717) is 11.1 Å². The van der Waals surface area contributed by atoms with Crippen LogP contribution in [-0.4, -0.2) is 21.0 Å². The van der Waals surface area contributed by atoms with E-state index >= 15 is 0 Å². The summed E-state index contributed by atoms with van der Waals surface area (Å²) < 4.78 is 12.8. The van der Waals surface area contributed by atoms with Gasteiger partial charge in [0, 0.05) is 6.20 Å². The van der Waals surface area contributed by atoms with Crippen LogP contribution in [-0.2, 0) is 0 Å². The van der Waals surface area contributed by atoms with Crippen LogP contribution < -0.4 is 11.2 Å². The lowest BCUT2D eigenvalue weighted by molar-refractivity contribution is 0.0702. The minimum absolute atomic E-state index is 0.363. The lowest BCUT2D eigenvalue weighted by atomic mass is 10.5. The number of H-pyrrole nitrogens is 2. The van der Waals surface area contributed by atoms with E-state index in [2.05, 4.69) is 15.9 Å². The Morgan fingerprint density at radius 2 is 2.06 bits per heavy atom. The summed E-state index contributed by atoms with van der Waals surface area (Å²) in [4.78, 5) is 34.6. The van der Waals surface area contributed by atoms with Crippen molar-refractivity contribution in [1.29, 1.82) is 0 Å². The van der Waals surface area contributed by atoms with E-state index in [-0.39, 0.29) is 0 Å². The normalized spacial score (nSPS) is 9.44. The minimum Gasteiger partial charge on any atom is -0.477 e. The Hall–Kier alpha value is -1.74. The van der Waals surface area contributed by atoms with E-state index in [0.717, 1.165) is 3.79 Å². The van der Waals surface area contributed by atoms with E-state index in [4.69, 9.17) is 5.11 Å². The second-order valence-electron chi connectivity index (χ2n) is 2.83. The average Bonchev–Trinajstić information content (AvgIpc) is 2.72. The Bertz CT molecular complexity index is 663. The zero-order chi connectivity index (χ0) is 13.7. The molecule has 0 atom stereocenters. The van der Waals surface area contributed by atoms with Gasteiger partial charge in [-0.15, -0.1) is 11.3 Å². The summed E-state index contributed by atoms with van der Waals surface area (Å²) in [5.41, 5.74) is -1.71. The van der Waals surface area contributed by atoms with Crippen LogP contribution in [0.2, 0.25) is 0 Å². The third-order valence-electron chi connectivity index (χ3n) is 1.56. The van der Waals surface area contributed by atoms with E-state index in [9.17, 15) is 18.8 Å². The number of nitrogens with one attached hydrogen (secondary N) is 2. The molecular weight excluding hydrogens is 331 g/mol. The molecule has 2 heterocycles. The molecule has 2 aromatic heterocycles. The van der Waals surface area contributed by atoms with Gasteiger partial charge in [0.05, 0.1) is 3.79 Å². The number of hydrogen-bond donors (Lipinski definition) is 3. The number of carboxylic acid groups (broad SMARTS) is 1. The maximum atomic E-state index is 12.0. The summed E-state index contributed by atoms with van der Waals surface area (Å²) in [5, 5.41) is 8.39. The molecule has 0 fully saturated rings. The molecule has 0 saturated carbocycles. The third kappa shape index (κ3) is 4.26. The zero-order valence-electron chi connectivity index (χ0n) is 8.57. The highest BCUT2D eigenvalue weighted by Crippen LogP contribution is 2.21. The minimum atomic E-state index is -1.00. The van der Waals surface area contributed by atoms with Crippen molar-refractivity contribution < 1.29 is 14.3 Å². The van der Waals surface area contributed by atoms with Crippen LogP contribution in [0.4, 0.5) is 4.39 Å². The van der Waals surface area contributed by atoms with Crippen LogP contribution in [0.5, 0.6) is 0 Å². The molecule has 0 aromatic carbocycles. The number of aromatic amines is 2. The van der Waals surface area contributed by atoms with Gasteiger partial charge in [-0.25, -0.2) is 9.59 Å². The highest BCUT2D eigenvalue weighted by atomic mass is 79.9. The number of aromatic carboxylic acids is 1. The van der Waals surface area contributed by atoms with Crippen molar-refractivity contribution in [2.45, 2.75) is 0 Å². The molecule has 0 aliphatic rings. The van der Waals surface area contributed by atoms with Gasteiger partial charge in [-0.3, -0.25) is 9.78 Å². The van der Waals surface area contributed by atoms with Crippen molar-refractivity contribution in [3.05, 3.63) is 53.6 Å². The topological polar surface area (TPSA) is 103 Å². The molecule has 18 heavy (non-hydrogen) atoms. The molecule has 3 N–H and O–H groups in total. The second kappa shape index (κ2) is 6.26. The first-order valence-electron chi connectivity index (χ1n) is 4.36. The molecule has 0 spiro atoms. The van der Waals surface area contributed by atoms with Crippen molar-refractivity contribution in [2.24, 2.45) is 0 Å². The summed E-state index contributed by atoms with van der Waals surface area (Å²) in [6.45, 7) is 0. The number of halogens is 2. The van der Waals surface area contributed by atoms with Gasteiger partial charge in [0.15, 0.2) is 0 Å². The fourth-order valence-corrected chi connectivity index (χ4v) is 2.05. The first-order chi connectivity index (χ1) is 8.40. The third-order valence-corrected chi connectivity index (χ3v) is 3.17. The molecule has 0 radical (unpaired) electrons. The molecule has 2 rings (SSSR count). The Kier molecular flexibility index (Phi) is 4.98. The van der Waals surface area contributed by atoms with Gasteiger partial charge in [-0.2, -0.15) is 4.39 Å². The summed E-state index contributed by atoms with van der Waals surface area (Å²) >= 11 is 4.37. The Morgan fingerprint density at radius 3 is 2.39 bits per heavy atom. The highest BCUT2D eigenvalue weighted by Gasteiger charge is 2.03. The molecule has 0 unspecified atom stereocenters. The van der Waals surface area contributed by atoms with Gasteiger partial charge in [0.25, 0.3) is 5.56 Å². The fourth-order valence-electron chi connectivity index (χ4n) is 0.823. The summed E-state index contributed by atoms with van der Waals surface area (Å²) in [7, 11) is 0. The molecule has 96 valence electrons. The van der Waals surface area contributed by atoms with Gasteiger partial charge in [-0.1, -0.05) is 0 Å². The SMILES string of the molecule is O=C(O)c1ccc(Br)s1.O=c1[nH]cc(F)c(=O)[nH]1. The zero-order valence-corrected chi connectivity index (χ0v) is 11.0. The summed E-state index contributed by atoms with van der Waals surface area (Å²) in [6, 6.07) is 3.28. The Morgan fingerprint density at radius 1 is 1.39 bits per heavy atom. The van der Waals surface area contributed by atoms with Crippen molar-refractivity contribution in [3.8, 4) is 0 Å². The quantitative estimate of drug-likeness (QED) is 0.732. The maximum absolute atomic E-state index is 12.0. The number of rotatable bonds is 1. The predicted octanol–water partition coefficient (Wildman–Crippen LogP) is 1.41. The fraction of sp³-hybridized carbons (Fsp3) is 0. The first-order valence-corrected chi connectivity index (χ1v) is 5.97. The van der Waals surface area contributed by atoms with Gasteiger partial charge in [0.1, 0.15) is 4.88 Å². The van der Waals surface area contributed by atoms with Crippen molar-refractivity contribution >= 4 is 33.2 Å². The van der Waals surface area contributed by atoms with Crippen molar-refractivity contribution in [3.63, 3.8) is 0 Å². The molecule has 6 nitrogen and oxygen atoms in total. The standard InChI is InChI=1S/C5H3BrO2S.C4H3FN2O2/c6-4-2-1-3(9-4)5(7)8;5-2-1-6-4(9)7-3(2)8/h1-2H,(H,7,8);1H,(H2,6,7,8,9). The van der Waals surface area contributed by atoms with Crippen LogP contribution in [0.1, 0.15) is 9.67 Å². The Balaban J connectivity index is 0.000000180. The second-order valence-corrected chi connectivity index (χ2v) is 5.29.